The van der Waals surface area contributed by atoms with Gasteiger partial charge in [-0.3, -0.25) is 9.59 Å². The maximum absolute atomic E-state index is 12.7. The first kappa shape index (κ1) is 56.0. The molecule has 0 saturated carbocycles. The fourth-order valence-corrected chi connectivity index (χ4v) is 6.81. The predicted octanol–water partition coefficient (Wildman–Crippen LogP) is 13.4. The number of hydrogen-bond acceptors (Lipinski definition) is 6. The highest BCUT2D eigenvalue weighted by atomic mass is 16.6. The summed E-state index contributed by atoms with van der Waals surface area (Å²) in [5.74, 6) is -1.62. The standard InChI is InChI=1S/C51H89NO7/c1-6-8-10-12-14-16-18-20-22-23-24-25-26-28-29-31-33-35-37-39-41-49(53)58-46-47(45-57-44-43-48(51(55)56)52(3,4)5)59-50(54)42-40-38-36-34-32-30-27-21-19-17-15-13-11-9-7-2/h9,11,15,17,21,27,32,34,38,40,47-48H,6-8,10,12-14,16,18-20,22-26,28-31,33,35-37,39,41-46H2,1-5H3/p+1/b11-9-,17-15-,27-21-,34-32-,40-38-. The number of ether oxygens (including phenoxy) is 3. The third-order valence-corrected chi connectivity index (χ3v) is 10.5. The Kier molecular flexibility index (Phi) is 39.6. The lowest BCUT2D eigenvalue weighted by Gasteiger charge is -2.31. The van der Waals surface area contributed by atoms with E-state index in [2.05, 4.69) is 62.5 Å². The van der Waals surface area contributed by atoms with Crippen molar-refractivity contribution in [3.63, 3.8) is 0 Å². The Morgan fingerprint density at radius 2 is 0.932 bits per heavy atom. The van der Waals surface area contributed by atoms with Gasteiger partial charge in [0, 0.05) is 12.8 Å². The Morgan fingerprint density at radius 3 is 1.34 bits per heavy atom. The summed E-state index contributed by atoms with van der Waals surface area (Å²) in [6.07, 6.45) is 51.6. The van der Waals surface area contributed by atoms with Crippen LogP contribution in [0.4, 0.5) is 0 Å². The van der Waals surface area contributed by atoms with Crippen LogP contribution in [0.15, 0.2) is 60.8 Å². The number of unbranched alkanes of at least 4 members (excludes halogenated alkanes) is 19. The number of likely N-dealkylation sites (N-methyl/N-ethyl adjacent to an activating group) is 1. The molecule has 0 heterocycles. The Labute approximate surface area is 362 Å². The fourth-order valence-electron chi connectivity index (χ4n) is 6.81. The summed E-state index contributed by atoms with van der Waals surface area (Å²) in [7, 11) is 5.50. The van der Waals surface area contributed by atoms with Crippen LogP contribution in [0.2, 0.25) is 0 Å². The Hall–Kier alpha value is -2.97. The number of hydrogen-bond donors (Lipinski definition) is 1. The van der Waals surface area contributed by atoms with Gasteiger partial charge in [0.25, 0.3) is 0 Å². The first-order valence-corrected chi connectivity index (χ1v) is 23.8. The molecular weight excluding hydrogens is 739 g/mol. The lowest BCUT2D eigenvalue weighted by atomic mass is 10.0. The van der Waals surface area contributed by atoms with Gasteiger partial charge in [-0.05, 0) is 38.5 Å². The lowest BCUT2D eigenvalue weighted by molar-refractivity contribution is -0.887. The molecule has 2 atom stereocenters. The smallest absolute Gasteiger partial charge is 0.362 e. The second-order valence-corrected chi connectivity index (χ2v) is 17.0. The van der Waals surface area contributed by atoms with Crippen molar-refractivity contribution < 1.29 is 38.2 Å². The summed E-state index contributed by atoms with van der Waals surface area (Å²) in [6, 6.07) is -0.631. The van der Waals surface area contributed by atoms with Gasteiger partial charge in [0.2, 0.25) is 0 Å². The molecule has 0 spiro atoms. The first-order valence-electron chi connectivity index (χ1n) is 23.8. The summed E-state index contributed by atoms with van der Waals surface area (Å²) < 4.78 is 17.2. The Bertz CT molecular complexity index is 1150. The molecule has 0 aromatic heterocycles. The van der Waals surface area contributed by atoms with Crippen molar-refractivity contribution in [1.82, 2.24) is 0 Å². The minimum atomic E-state index is -0.889. The minimum Gasteiger partial charge on any atom is -0.477 e. The molecule has 0 saturated heterocycles. The van der Waals surface area contributed by atoms with Crippen molar-refractivity contribution >= 4 is 17.9 Å². The van der Waals surface area contributed by atoms with E-state index in [4.69, 9.17) is 14.2 Å². The predicted molar refractivity (Wildman–Crippen MR) is 247 cm³/mol. The Balaban J connectivity index is 4.35. The maximum atomic E-state index is 12.7. The van der Waals surface area contributed by atoms with E-state index in [1.807, 2.05) is 27.2 Å². The summed E-state index contributed by atoms with van der Waals surface area (Å²) in [5, 5.41) is 9.63. The number of carboxylic acid groups (broad SMARTS) is 1. The molecule has 340 valence electrons. The van der Waals surface area contributed by atoms with E-state index in [9.17, 15) is 19.5 Å². The molecule has 0 fully saturated rings. The van der Waals surface area contributed by atoms with Gasteiger partial charge in [-0.15, -0.1) is 0 Å². The molecule has 2 unspecified atom stereocenters. The molecule has 0 amide bonds. The average Bonchev–Trinajstić information content (AvgIpc) is 3.19. The van der Waals surface area contributed by atoms with E-state index in [0.29, 0.717) is 19.3 Å². The van der Waals surface area contributed by atoms with E-state index in [1.54, 1.807) is 6.08 Å². The van der Waals surface area contributed by atoms with Crippen molar-refractivity contribution in [2.24, 2.45) is 0 Å². The SMILES string of the molecule is CC/C=C\C/C=C\C/C=C\C/C=C\C/C=C\CC(=O)OC(COCCC(C(=O)O)[N+](C)(C)C)COC(=O)CCCCCCCCCCCCCCCCCCCCCC. The molecule has 0 aromatic rings. The van der Waals surface area contributed by atoms with Crippen LogP contribution in [0, 0.1) is 0 Å². The quantitative estimate of drug-likeness (QED) is 0.0283. The number of rotatable bonds is 42. The number of quaternary nitrogens is 1. The zero-order valence-electron chi connectivity index (χ0n) is 38.7. The van der Waals surface area contributed by atoms with Gasteiger partial charge in [0.05, 0.1) is 40.8 Å². The fraction of sp³-hybridized carbons (Fsp3) is 0.745. The van der Waals surface area contributed by atoms with Gasteiger partial charge in [0.1, 0.15) is 6.61 Å². The van der Waals surface area contributed by atoms with Crippen LogP contribution in [0.25, 0.3) is 0 Å². The number of carbonyl (C=O) groups is 3. The van der Waals surface area contributed by atoms with Crippen LogP contribution in [0.3, 0.4) is 0 Å². The van der Waals surface area contributed by atoms with Crippen molar-refractivity contribution in [1.29, 1.82) is 0 Å². The van der Waals surface area contributed by atoms with Crippen LogP contribution in [0.5, 0.6) is 0 Å². The van der Waals surface area contributed by atoms with Gasteiger partial charge in [-0.25, -0.2) is 4.79 Å². The minimum absolute atomic E-state index is 0.0213. The molecule has 8 heteroatoms. The van der Waals surface area contributed by atoms with Crippen LogP contribution >= 0.6 is 0 Å². The summed E-state index contributed by atoms with van der Waals surface area (Å²) in [6.45, 7) is 4.53. The summed E-state index contributed by atoms with van der Waals surface area (Å²) in [5.41, 5.74) is 0. The van der Waals surface area contributed by atoms with E-state index in [-0.39, 0.29) is 36.7 Å². The first-order chi connectivity index (χ1) is 28.6. The molecule has 0 rings (SSSR count). The van der Waals surface area contributed by atoms with Crippen molar-refractivity contribution in [3.8, 4) is 0 Å². The summed E-state index contributed by atoms with van der Waals surface area (Å²) >= 11 is 0. The molecule has 0 bridgehead atoms. The largest absolute Gasteiger partial charge is 0.477 e. The zero-order valence-corrected chi connectivity index (χ0v) is 38.7. The van der Waals surface area contributed by atoms with Gasteiger partial charge >= 0.3 is 17.9 Å². The van der Waals surface area contributed by atoms with E-state index < -0.39 is 24.1 Å². The molecule has 59 heavy (non-hydrogen) atoms. The molecule has 0 aliphatic heterocycles. The summed E-state index contributed by atoms with van der Waals surface area (Å²) in [4.78, 5) is 37.0. The number of carboxylic acids is 1. The number of allylic oxidation sites excluding steroid dienone is 9. The highest BCUT2D eigenvalue weighted by molar-refractivity contribution is 5.72. The molecule has 0 radical (unpaired) electrons. The highest BCUT2D eigenvalue weighted by Crippen LogP contribution is 2.16. The number of carbonyl (C=O) groups excluding carboxylic acids is 2. The van der Waals surface area contributed by atoms with Crippen LogP contribution in [0.1, 0.15) is 194 Å². The third kappa shape index (κ3) is 40.2. The molecule has 0 aromatic carbocycles. The molecule has 0 aliphatic rings. The molecule has 0 aliphatic carbocycles. The second-order valence-electron chi connectivity index (χ2n) is 17.0. The van der Waals surface area contributed by atoms with Gasteiger partial charge in [0.15, 0.2) is 12.1 Å². The lowest BCUT2D eigenvalue weighted by Crippen LogP contribution is -2.50. The molecule has 8 nitrogen and oxygen atoms in total. The van der Waals surface area contributed by atoms with Crippen molar-refractivity contribution in [3.05, 3.63) is 60.8 Å². The topological polar surface area (TPSA) is 99.1 Å². The third-order valence-electron chi connectivity index (χ3n) is 10.5. The van der Waals surface area contributed by atoms with E-state index >= 15 is 0 Å². The van der Waals surface area contributed by atoms with Gasteiger partial charge in [-0.2, -0.15) is 0 Å². The molecular formula is C51H90NO7+. The zero-order chi connectivity index (χ0) is 43.5. The Morgan fingerprint density at radius 1 is 0.525 bits per heavy atom. The van der Waals surface area contributed by atoms with Gasteiger partial charge in [-0.1, -0.05) is 197 Å². The maximum Gasteiger partial charge on any atom is 0.362 e. The normalized spacial score (nSPS) is 13.4. The van der Waals surface area contributed by atoms with Gasteiger partial charge < -0.3 is 23.8 Å². The van der Waals surface area contributed by atoms with Crippen LogP contribution in [-0.2, 0) is 28.6 Å². The number of aliphatic carboxylic acids is 1. The van der Waals surface area contributed by atoms with Crippen molar-refractivity contribution in [2.45, 2.75) is 206 Å². The van der Waals surface area contributed by atoms with E-state index in [0.717, 1.165) is 44.9 Å². The van der Waals surface area contributed by atoms with Crippen LogP contribution in [-0.4, -0.2) is 80.6 Å². The van der Waals surface area contributed by atoms with Crippen LogP contribution < -0.4 is 0 Å². The second kappa shape index (κ2) is 41.8. The molecule has 1 N–H and O–H groups in total. The monoisotopic (exact) mass is 829 g/mol. The number of esters is 2. The average molecular weight is 829 g/mol. The highest BCUT2D eigenvalue weighted by Gasteiger charge is 2.31. The number of nitrogens with zero attached hydrogens (tertiary/aromatic N) is 1. The van der Waals surface area contributed by atoms with E-state index in [1.165, 1.54) is 109 Å². The van der Waals surface area contributed by atoms with Crippen molar-refractivity contribution in [2.75, 3.05) is 41.0 Å².